The van der Waals surface area contributed by atoms with Gasteiger partial charge in [-0.3, -0.25) is 0 Å². The second-order valence-corrected chi connectivity index (χ2v) is 6.00. The molecule has 1 aliphatic heterocycles. The Balaban J connectivity index is 2.43. The molecule has 0 aromatic rings. The fraction of sp³-hybridized carbons (Fsp3) is 0.600. The molecule has 0 N–H and O–H groups in total. The standard InChI is InChI=1S/C5H6OS3/c1-2-5-3-4-6-9(7)8-5/h1,5H,3-4H2. The lowest BCUT2D eigenvalue weighted by Crippen LogP contribution is -2.12. The Hall–Kier alpha value is 0.440. The van der Waals surface area contributed by atoms with Gasteiger partial charge in [0.05, 0.1) is 20.6 Å². The monoisotopic (exact) mass is 178 g/mol. The Bertz CT molecular complexity index is 160. The van der Waals surface area contributed by atoms with Gasteiger partial charge in [-0.15, -0.1) is 6.42 Å². The number of terminal acetylenes is 1. The summed E-state index contributed by atoms with van der Waals surface area (Å²) in [5, 5.41) is 0.291. The van der Waals surface area contributed by atoms with Crippen molar-refractivity contribution in [2.24, 2.45) is 0 Å². The molecule has 1 heterocycles. The molecule has 2 atom stereocenters. The van der Waals surface area contributed by atoms with Gasteiger partial charge in [-0.05, 0) is 28.4 Å². The Morgan fingerprint density at radius 1 is 1.89 bits per heavy atom. The first-order chi connectivity index (χ1) is 4.33. The minimum Gasteiger partial charge on any atom is -0.303 e. The Morgan fingerprint density at radius 3 is 3.11 bits per heavy atom. The largest absolute Gasteiger partial charge is 0.303 e. The van der Waals surface area contributed by atoms with Crippen LogP contribution >= 0.6 is 10.8 Å². The van der Waals surface area contributed by atoms with E-state index in [0.29, 0.717) is 5.25 Å². The Kier molecular flexibility index (Phi) is 2.99. The summed E-state index contributed by atoms with van der Waals surface area (Å²) in [7, 11) is 1.21. The number of rotatable bonds is 0. The zero-order valence-electron chi connectivity index (χ0n) is 4.70. The van der Waals surface area contributed by atoms with Crippen LogP contribution in [-0.2, 0) is 24.1 Å². The molecule has 50 valence electrons. The minimum atomic E-state index is -0.363. The molecule has 9 heavy (non-hydrogen) atoms. The van der Waals surface area contributed by atoms with E-state index in [1.54, 1.807) is 10.8 Å². The van der Waals surface area contributed by atoms with Crippen LogP contribution in [0.4, 0.5) is 0 Å². The highest BCUT2D eigenvalue weighted by atomic mass is 33.3. The van der Waals surface area contributed by atoms with Gasteiger partial charge in [0, 0.05) is 0 Å². The van der Waals surface area contributed by atoms with Crippen LogP contribution in [0.2, 0.25) is 0 Å². The first-order valence-corrected chi connectivity index (χ1v) is 5.98. The second kappa shape index (κ2) is 3.57. The second-order valence-electron chi connectivity index (χ2n) is 1.57. The summed E-state index contributed by atoms with van der Waals surface area (Å²) in [6.07, 6.45) is 6.14. The molecule has 0 bridgehead atoms. The van der Waals surface area contributed by atoms with Crippen LogP contribution in [0, 0.1) is 12.3 Å². The van der Waals surface area contributed by atoms with Crippen LogP contribution in [0.5, 0.6) is 0 Å². The molecule has 4 heteroatoms. The fourth-order valence-corrected chi connectivity index (χ4v) is 3.68. The first kappa shape index (κ1) is 7.55. The minimum absolute atomic E-state index is 0.291. The summed E-state index contributed by atoms with van der Waals surface area (Å²) >= 11 is 4.91. The maximum atomic E-state index is 5.20. The third-order valence-electron chi connectivity index (χ3n) is 0.940. The lowest BCUT2D eigenvalue weighted by Gasteiger charge is -2.16. The van der Waals surface area contributed by atoms with Crippen molar-refractivity contribution in [2.45, 2.75) is 11.7 Å². The summed E-state index contributed by atoms with van der Waals surface area (Å²) in [5.74, 6) is 2.66. The summed E-state index contributed by atoms with van der Waals surface area (Å²) < 4.78 is 5.12. The number of hydrogen-bond acceptors (Lipinski definition) is 3. The van der Waals surface area contributed by atoms with E-state index < -0.39 is 0 Å². The van der Waals surface area contributed by atoms with Gasteiger partial charge in [0.2, 0.25) is 0 Å². The average molecular weight is 178 g/mol. The quantitative estimate of drug-likeness (QED) is 0.405. The number of hydrogen-bond donors (Lipinski definition) is 0. The van der Waals surface area contributed by atoms with Crippen LogP contribution in [0.25, 0.3) is 0 Å². The molecule has 2 unspecified atom stereocenters. The summed E-state index contributed by atoms with van der Waals surface area (Å²) in [6.45, 7) is 0.731. The van der Waals surface area contributed by atoms with E-state index >= 15 is 0 Å². The Labute approximate surface area is 65.7 Å². The Morgan fingerprint density at radius 2 is 2.67 bits per heavy atom. The van der Waals surface area contributed by atoms with E-state index in [0.717, 1.165) is 13.0 Å². The molecule has 0 aromatic heterocycles. The molecule has 0 spiro atoms. The van der Waals surface area contributed by atoms with Crippen LogP contribution in [-0.4, -0.2) is 11.9 Å². The van der Waals surface area contributed by atoms with Gasteiger partial charge in [-0.1, -0.05) is 5.92 Å². The first-order valence-electron chi connectivity index (χ1n) is 2.51. The van der Waals surface area contributed by atoms with Crippen molar-refractivity contribution in [3.05, 3.63) is 0 Å². The highest BCUT2D eigenvalue weighted by molar-refractivity contribution is 8.81. The summed E-state index contributed by atoms with van der Waals surface area (Å²) in [6, 6.07) is 0. The zero-order chi connectivity index (χ0) is 6.69. The molecule has 0 aliphatic carbocycles. The van der Waals surface area contributed by atoms with Crippen molar-refractivity contribution in [2.75, 3.05) is 6.61 Å². The summed E-state index contributed by atoms with van der Waals surface area (Å²) in [5.41, 5.74) is 0. The molecule has 1 fully saturated rings. The summed E-state index contributed by atoms with van der Waals surface area (Å²) in [4.78, 5) is 0. The van der Waals surface area contributed by atoms with E-state index in [9.17, 15) is 0 Å². The topological polar surface area (TPSA) is 9.23 Å². The maximum Gasteiger partial charge on any atom is 0.0804 e. The van der Waals surface area contributed by atoms with Crippen LogP contribution in [0.3, 0.4) is 0 Å². The van der Waals surface area contributed by atoms with Crippen molar-refractivity contribution in [3.8, 4) is 12.3 Å². The van der Waals surface area contributed by atoms with Crippen molar-refractivity contribution in [3.63, 3.8) is 0 Å². The van der Waals surface area contributed by atoms with Crippen molar-refractivity contribution < 1.29 is 4.18 Å². The molecule has 0 aromatic carbocycles. The zero-order valence-corrected chi connectivity index (χ0v) is 7.15. The molecule has 1 rings (SSSR count). The molecule has 1 saturated heterocycles. The van der Waals surface area contributed by atoms with Gasteiger partial charge in [0.25, 0.3) is 0 Å². The fourth-order valence-electron chi connectivity index (χ4n) is 0.505. The van der Waals surface area contributed by atoms with Gasteiger partial charge in [-0.2, -0.15) is 0 Å². The van der Waals surface area contributed by atoms with Crippen LogP contribution in [0.1, 0.15) is 6.42 Å². The van der Waals surface area contributed by atoms with Gasteiger partial charge < -0.3 is 4.18 Å². The van der Waals surface area contributed by atoms with E-state index in [4.69, 9.17) is 21.8 Å². The predicted molar refractivity (Wildman–Crippen MR) is 45.5 cm³/mol. The van der Waals surface area contributed by atoms with Crippen LogP contribution < -0.4 is 0 Å². The molecule has 0 amide bonds. The molecule has 1 aliphatic rings. The van der Waals surface area contributed by atoms with Crippen molar-refractivity contribution in [1.82, 2.24) is 0 Å². The highest BCUT2D eigenvalue weighted by Crippen LogP contribution is 2.24. The lowest BCUT2D eigenvalue weighted by molar-refractivity contribution is 0.366. The third kappa shape index (κ3) is 2.26. The molecular weight excluding hydrogens is 172 g/mol. The third-order valence-corrected chi connectivity index (χ3v) is 4.51. The molecule has 0 radical (unpaired) electrons. The lowest BCUT2D eigenvalue weighted by atomic mass is 10.3. The van der Waals surface area contributed by atoms with Gasteiger partial charge in [-0.25, -0.2) is 0 Å². The molecular formula is C5H6OS3. The molecule has 0 saturated carbocycles. The highest BCUT2D eigenvalue weighted by Gasteiger charge is 2.14. The van der Waals surface area contributed by atoms with Crippen molar-refractivity contribution in [1.29, 1.82) is 0 Å². The van der Waals surface area contributed by atoms with Gasteiger partial charge >= 0.3 is 0 Å². The normalized spacial score (nSPS) is 35.4. The molecule has 1 nitrogen and oxygen atoms in total. The van der Waals surface area contributed by atoms with Crippen LogP contribution in [0.15, 0.2) is 0 Å². The van der Waals surface area contributed by atoms with Crippen molar-refractivity contribution >= 4 is 30.7 Å². The maximum absolute atomic E-state index is 5.20. The smallest absolute Gasteiger partial charge is 0.0804 e. The van der Waals surface area contributed by atoms with Gasteiger partial charge in [0.1, 0.15) is 0 Å². The predicted octanol–water partition coefficient (Wildman–Crippen LogP) is 1.05. The van der Waals surface area contributed by atoms with E-state index in [1.807, 2.05) is 0 Å². The average Bonchev–Trinajstić information content (AvgIpc) is 1.88. The van der Waals surface area contributed by atoms with E-state index in [2.05, 4.69) is 5.92 Å². The van der Waals surface area contributed by atoms with E-state index in [1.165, 1.54) is 0 Å². The van der Waals surface area contributed by atoms with E-state index in [-0.39, 0.29) is 8.77 Å². The van der Waals surface area contributed by atoms with Gasteiger partial charge in [0.15, 0.2) is 0 Å². The SMILES string of the molecule is C#CC1CCOS(=S)S1.